The molecule has 3 atom stereocenters. The standard InChI is InChI=1S/C16H14O4/c1-4-16(3)13-8(2)7-20-14(13)11-9(17)5-6-10(18)12(11)15(16)19/h4-6,13-14H,1-2,7H2,3H3/t13-,14-,16-/m0/s1. The monoisotopic (exact) mass is 270 g/mol. The Labute approximate surface area is 116 Å². The van der Waals surface area contributed by atoms with E-state index < -0.39 is 17.3 Å². The first-order valence-corrected chi connectivity index (χ1v) is 6.40. The number of carbonyl (C=O) groups is 3. The van der Waals surface area contributed by atoms with Gasteiger partial charge in [-0.3, -0.25) is 14.4 Å². The van der Waals surface area contributed by atoms with Gasteiger partial charge in [-0.15, -0.1) is 6.58 Å². The average Bonchev–Trinajstić information content (AvgIpc) is 2.81. The van der Waals surface area contributed by atoms with Crippen molar-refractivity contribution in [2.75, 3.05) is 6.61 Å². The fourth-order valence-corrected chi connectivity index (χ4v) is 3.31. The summed E-state index contributed by atoms with van der Waals surface area (Å²) < 4.78 is 5.64. The summed E-state index contributed by atoms with van der Waals surface area (Å²) in [7, 11) is 0. The minimum absolute atomic E-state index is 0.0455. The summed E-state index contributed by atoms with van der Waals surface area (Å²) >= 11 is 0. The minimum atomic E-state index is -0.960. The van der Waals surface area contributed by atoms with Crippen molar-refractivity contribution >= 4 is 17.3 Å². The molecule has 0 radical (unpaired) electrons. The molecule has 0 N–H and O–H groups in total. The predicted molar refractivity (Wildman–Crippen MR) is 71.9 cm³/mol. The first-order chi connectivity index (χ1) is 9.41. The van der Waals surface area contributed by atoms with Crippen molar-refractivity contribution < 1.29 is 19.1 Å². The Hall–Kier alpha value is -2.07. The van der Waals surface area contributed by atoms with Crippen molar-refractivity contribution in [2.24, 2.45) is 11.3 Å². The highest BCUT2D eigenvalue weighted by Gasteiger charge is 2.56. The van der Waals surface area contributed by atoms with Gasteiger partial charge in [0.15, 0.2) is 17.3 Å². The van der Waals surface area contributed by atoms with Gasteiger partial charge in [-0.25, -0.2) is 0 Å². The van der Waals surface area contributed by atoms with Gasteiger partial charge in [-0.2, -0.15) is 0 Å². The number of rotatable bonds is 1. The maximum absolute atomic E-state index is 12.7. The minimum Gasteiger partial charge on any atom is -0.368 e. The topological polar surface area (TPSA) is 60.4 Å². The van der Waals surface area contributed by atoms with E-state index in [0.717, 1.165) is 11.6 Å². The van der Waals surface area contributed by atoms with Crippen LogP contribution < -0.4 is 0 Å². The lowest BCUT2D eigenvalue weighted by Crippen LogP contribution is -2.49. The molecule has 0 spiro atoms. The number of allylic oxidation sites excluding steroid dienone is 4. The van der Waals surface area contributed by atoms with E-state index in [2.05, 4.69) is 13.2 Å². The third-order valence-corrected chi connectivity index (χ3v) is 4.43. The van der Waals surface area contributed by atoms with Crippen LogP contribution in [0.5, 0.6) is 0 Å². The summed E-state index contributed by atoms with van der Waals surface area (Å²) in [6.07, 6.45) is 3.30. The van der Waals surface area contributed by atoms with Crippen LogP contribution in [-0.2, 0) is 19.1 Å². The van der Waals surface area contributed by atoms with Crippen LogP contribution in [0.3, 0.4) is 0 Å². The lowest BCUT2D eigenvalue weighted by molar-refractivity contribution is -0.130. The lowest BCUT2D eigenvalue weighted by Gasteiger charge is -2.40. The maximum Gasteiger partial charge on any atom is 0.190 e. The second-order valence-electron chi connectivity index (χ2n) is 5.53. The molecule has 3 aliphatic rings. The predicted octanol–water partition coefficient (Wildman–Crippen LogP) is 1.34. The van der Waals surface area contributed by atoms with Crippen molar-refractivity contribution in [3.63, 3.8) is 0 Å². The van der Waals surface area contributed by atoms with E-state index in [1.54, 1.807) is 6.92 Å². The van der Waals surface area contributed by atoms with Crippen molar-refractivity contribution in [3.8, 4) is 0 Å². The number of hydrogen-bond acceptors (Lipinski definition) is 4. The molecule has 1 fully saturated rings. The number of ketones is 3. The average molecular weight is 270 g/mol. The van der Waals surface area contributed by atoms with E-state index >= 15 is 0 Å². The molecule has 0 saturated carbocycles. The normalized spacial score (nSPS) is 36.2. The molecular weight excluding hydrogens is 256 g/mol. The fraction of sp³-hybridized carbons (Fsp3) is 0.312. The third kappa shape index (κ3) is 1.37. The van der Waals surface area contributed by atoms with E-state index in [0.29, 0.717) is 0 Å². The van der Waals surface area contributed by atoms with Crippen molar-refractivity contribution in [1.29, 1.82) is 0 Å². The smallest absolute Gasteiger partial charge is 0.190 e. The summed E-state index contributed by atoms with van der Waals surface area (Å²) in [5, 5.41) is 0. The van der Waals surface area contributed by atoms with Crippen LogP contribution in [0.4, 0.5) is 0 Å². The highest BCUT2D eigenvalue weighted by atomic mass is 16.5. The highest BCUT2D eigenvalue weighted by Crippen LogP contribution is 2.50. The second-order valence-corrected chi connectivity index (χ2v) is 5.53. The molecule has 102 valence electrons. The molecule has 0 bridgehead atoms. The van der Waals surface area contributed by atoms with Gasteiger partial charge >= 0.3 is 0 Å². The summed E-state index contributed by atoms with van der Waals surface area (Å²) in [4.78, 5) is 36.8. The zero-order valence-electron chi connectivity index (χ0n) is 11.1. The second kappa shape index (κ2) is 3.96. The Bertz CT molecular complexity index is 649. The molecule has 0 unspecified atom stereocenters. The Morgan fingerprint density at radius 2 is 1.95 bits per heavy atom. The molecule has 4 heteroatoms. The molecule has 0 aromatic carbocycles. The van der Waals surface area contributed by atoms with E-state index in [-0.39, 0.29) is 35.2 Å². The highest BCUT2D eigenvalue weighted by molar-refractivity contribution is 6.34. The van der Waals surface area contributed by atoms with Crippen LogP contribution >= 0.6 is 0 Å². The van der Waals surface area contributed by atoms with Crippen LogP contribution in [0, 0.1) is 11.3 Å². The largest absolute Gasteiger partial charge is 0.368 e. The van der Waals surface area contributed by atoms with Crippen molar-refractivity contribution in [2.45, 2.75) is 13.0 Å². The molecule has 20 heavy (non-hydrogen) atoms. The molecule has 3 rings (SSSR count). The zero-order valence-corrected chi connectivity index (χ0v) is 11.1. The lowest BCUT2D eigenvalue weighted by atomic mass is 9.60. The SMILES string of the molecule is C=C[C@]1(C)C(=O)C2=C(C(=O)C=CC2=O)[C@@H]2OCC(=C)[C@@H]21. The molecule has 0 amide bonds. The van der Waals surface area contributed by atoms with E-state index in [1.807, 2.05) is 0 Å². The molecule has 1 heterocycles. The zero-order chi connectivity index (χ0) is 14.7. The van der Waals surface area contributed by atoms with Gasteiger partial charge < -0.3 is 4.74 Å². The molecular formula is C16H14O4. The van der Waals surface area contributed by atoms with Gasteiger partial charge in [0, 0.05) is 11.5 Å². The Balaban J connectivity index is 2.29. The molecule has 1 aliphatic heterocycles. The Kier molecular flexibility index (Phi) is 2.56. The van der Waals surface area contributed by atoms with E-state index in [9.17, 15) is 14.4 Å². The molecule has 1 saturated heterocycles. The quantitative estimate of drug-likeness (QED) is 0.410. The van der Waals surface area contributed by atoms with E-state index in [1.165, 1.54) is 12.2 Å². The molecule has 2 aliphatic carbocycles. The Morgan fingerprint density at radius 3 is 2.60 bits per heavy atom. The maximum atomic E-state index is 12.7. The summed E-state index contributed by atoms with van der Waals surface area (Å²) in [5.41, 5.74) is -0.0634. The van der Waals surface area contributed by atoms with Crippen LogP contribution in [0.25, 0.3) is 0 Å². The van der Waals surface area contributed by atoms with Crippen LogP contribution in [0.15, 0.2) is 48.1 Å². The summed E-state index contributed by atoms with van der Waals surface area (Å²) in [6, 6.07) is 0. The van der Waals surface area contributed by atoms with Gasteiger partial charge in [-0.1, -0.05) is 12.7 Å². The van der Waals surface area contributed by atoms with Gasteiger partial charge in [-0.05, 0) is 24.6 Å². The van der Waals surface area contributed by atoms with Crippen LogP contribution in [0.2, 0.25) is 0 Å². The van der Waals surface area contributed by atoms with Crippen molar-refractivity contribution in [3.05, 3.63) is 48.1 Å². The van der Waals surface area contributed by atoms with Gasteiger partial charge in [0.25, 0.3) is 0 Å². The molecule has 0 aromatic heterocycles. The first kappa shape index (κ1) is 12.9. The number of hydrogen-bond donors (Lipinski definition) is 0. The fourth-order valence-electron chi connectivity index (χ4n) is 3.31. The van der Waals surface area contributed by atoms with E-state index in [4.69, 9.17) is 4.74 Å². The van der Waals surface area contributed by atoms with Crippen molar-refractivity contribution in [1.82, 2.24) is 0 Å². The van der Waals surface area contributed by atoms with Gasteiger partial charge in [0.1, 0.15) is 0 Å². The number of Topliss-reactive ketones (excluding diaryl/α,β-unsaturated/α-hetero) is 1. The summed E-state index contributed by atoms with van der Waals surface area (Å²) in [6.45, 7) is 9.67. The number of fused-ring (bicyclic) bond motifs is 2. The number of carbonyl (C=O) groups excluding carboxylic acids is 3. The Morgan fingerprint density at radius 1 is 1.30 bits per heavy atom. The molecule has 0 aromatic rings. The van der Waals surface area contributed by atoms with Crippen LogP contribution in [0.1, 0.15) is 6.92 Å². The van der Waals surface area contributed by atoms with Gasteiger partial charge in [0.05, 0.1) is 23.7 Å². The third-order valence-electron chi connectivity index (χ3n) is 4.43. The van der Waals surface area contributed by atoms with Gasteiger partial charge in [0.2, 0.25) is 0 Å². The summed E-state index contributed by atoms with van der Waals surface area (Å²) in [5.74, 6) is -1.46. The first-order valence-electron chi connectivity index (χ1n) is 6.40. The molecule has 4 nitrogen and oxygen atoms in total. The van der Waals surface area contributed by atoms with Crippen LogP contribution in [-0.4, -0.2) is 30.1 Å². The number of ether oxygens (including phenoxy) is 1.